The molecule has 0 heterocycles. The van der Waals surface area contributed by atoms with E-state index in [1.165, 1.54) is 11.4 Å². The fourth-order valence-corrected chi connectivity index (χ4v) is 4.12. The molecule has 0 fully saturated rings. The monoisotopic (exact) mass is 438 g/mol. The molecule has 0 aromatic heterocycles. The Balaban J connectivity index is 1.61. The Morgan fingerprint density at radius 2 is 1.55 bits per heavy atom. The minimum atomic E-state index is -3.66. The van der Waals surface area contributed by atoms with Gasteiger partial charge >= 0.3 is 0 Å². The van der Waals surface area contributed by atoms with Crippen molar-refractivity contribution < 1.29 is 17.9 Å². The highest BCUT2D eigenvalue weighted by Gasteiger charge is 2.21. The number of nitrogens with zero attached hydrogens (tertiary/aromatic N) is 1. The van der Waals surface area contributed by atoms with Gasteiger partial charge in [0.15, 0.2) is 6.61 Å². The molecule has 3 aromatic carbocycles. The number of benzene rings is 3. The molecule has 7 heteroatoms. The summed E-state index contributed by atoms with van der Waals surface area (Å²) in [6, 6.07) is 19.0. The highest BCUT2D eigenvalue weighted by Crippen LogP contribution is 2.24. The standard InChI is InChI=1S/C24H26N2O4S/c1-17-5-13-23(14-6-17)31(28,29)26(4)21-9-11-22(12-10-21)30-16-24(27)25-20-8-7-18(2)19(3)15-20/h5-15H,16H2,1-4H3,(H,25,27). The van der Waals surface area contributed by atoms with Crippen molar-refractivity contribution in [3.63, 3.8) is 0 Å². The largest absolute Gasteiger partial charge is 0.484 e. The maximum absolute atomic E-state index is 12.8. The van der Waals surface area contributed by atoms with Crippen LogP contribution in [0.25, 0.3) is 0 Å². The van der Waals surface area contributed by atoms with Crippen LogP contribution in [-0.2, 0) is 14.8 Å². The Hall–Kier alpha value is -3.32. The molecule has 0 atom stereocenters. The number of ether oxygens (including phenoxy) is 1. The van der Waals surface area contributed by atoms with Gasteiger partial charge in [-0.1, -0.05) is 23.8 Å². The second-order valence-corrected chi connectivity index (χ2v) is 9.38. The maximum atomic E-state index is 12.8. The number of hydrogen-bond acceptors (Lipinski definition) is 4. The first-order valence-corrected chi connectivity index (χ1v) is 11.3. The minimum Gasteiger partial charge on any atom is -0.484 e. The van der Waals surface area contributed by atoms with Crippen molar-refractivity contribution in [3.05, 3.63) is 83.4 Å². The summed E-state index contributed by atoms with van der Waals surface area (Å²) in [7, 11) is -2.16. The van der Waals surface area contributed by atoms with Gasteiger partial charge in [-0.25, -0.2) is 8.42 Å². The Morgan fingerprint density at radius 3 is 2.16 bits per heavy atom. The van der Waals surface area contributed by atoms with Crippen LogP contribution in [0.15, 0.2) is 71.6 Å². The van der Waals surface area contributed by atoms with Gasteiger partial charge in [0.25, 0.3) is 15.9 Å². The Kier molecular flexibility index (Phi) is 6.65. The highest BCUT2D eigenvalue weighted by atomic mass is 32.2. The molecule has 0 aliphatic rings. The number of rotatable bonds is 7. The molecule has 0 spiro atoms. The number of sulfonamides is 1. The van der Waals surface area contributed by atoms with E-state index in [1.54, 1.807) is 48.5 Å². The lowest BCUT2D eigenvalue weighted by Gasteiger charge is -2.20. The third-order valence-electron chi connectivity index (χ3n) is 5.04. The molecule has 0 bridgehead atoms. The van der Waals surface area contributed by atoms with Crippen molar-refractivity contribution in [2.75, 3.05) is 23.3 Å². The summed E-state index contributed by atoms with van der Waals surface area (Å²) in [5.41, 5.74) is 4.45. The highest BCUT2D eigenvalue weighted by molar-refractivity contribution is 7.92. The molecule has 1 N–H and O–H groups in total. The van der Waals surface area contributed by atoms with E-state index >= 15 is 0 Å². The van der Waals surface area contributed by atoms with E-state index in [4.69, 9.17) is 4.74 Å². The van der Waals surface area contributed by atoms with Crippen LogP contribution in [0.5, 0.6) is 5.75 Å². The van der Waals surface area contributed by atoms with E-state index in [0.717, 1.165) is 22.4 Å². The summed E-state index contributed by atoms with van der Waals surface area (Å²) < 4.78 is 32.4. The summed E-state index contributed by atoms with van der Waals surface area (Å²) in [5.74, 6) is 0.200. The Bertz CT molecular complexity index is 1170. The molecule has 0 saturated heterocycles. The summed E-state index contributed by atoms with van der Waals surface area (Å²) in [5, 5.41) is 2.80. The van der Waals surface area contributed by atoms with Crippen LogP contribution in [0.4, 0.5) is 11.4 Å². The van der Waals surface area contributed by atoms with Gasteiger partial charge in [-0.15, -0.1) is 0 Å². The lowest BCUT2D eigenvalue weighted by atomic mass is 10.1. The third kappa shape index (κ3) is 5.44. The fraction of sp³-hybridized carbons (Fsp3) is 0.208. The van der Waals surface area contributed by atoms with Gasteiger partial charge in [-0.05, 0) is 80.4 Å². The zero-order valence-corrected chi connectivity index (χ0v) is 18.9. The number of aryl methyl sites for hydroxylation is 3. The SMILES string of the molecule is Cc1ccc(S(=O)(=O)N(C)c2ccc(OCC(=O)Nc3ccc(C)c(C)c3)cc2)cc1. The van der Waals surface area contributed by atoms with Gasteiger partial charge < -0.3 is 10.1 Å². The average Bonchev–Trinajstić information content (AvgIpc) is 2.75. The fourth-order valence-electron chi connectivity index (χ4n) is 2.92. The van der Waals surface area contributed by atoms with Crippen LogP contribution in [-0.4, -0.2) is 28.0 Å². The molecular formula is C24H26N2O4S. The van der Waals surface area contributed by atoms with E-state index in [0.29, 0.717) is 11.4 Å². The molecule has 3 aromatic rings. The van der Waals surface area contributed by atoms with Crippen LogP contribution in [0.3, 0.4) is 0 Å². The third-order valence-corrected chi connectivity index (χ3v) is 6.84. The molecule has 0 radical (unpaired) electrons. The predicted octanol–water partition coefficient (Wildman–Crippen LogP) is 4.45. The minimum absolute atomic E-state index is 0.149. The van der Waals surface area contributed by atoms with Crippen molar-refractivity contribution >= 4 is 27.3 Å². The van der Waals surface area contributed by atoms with Crippen molar-refractivity contribution in [1.82, 2.24) is 0 Å². The molecule has 0 aliphatic heterocycles. The van der Waals surface area contributed by atoms with Crippen LogP contribution >= 0.6 is 0 Å². The van der Waals surface area contributed by atoms with Crippen LogP contribution in [0.1, 0.15) is 16.7 Å². The number of nitrogens with one attached hydrogen (secondary N) is 1. The molecule has 6 nitrogen and oxygen atoms in total. The summed E-state index contributed by atoms with van der Waals surface area (Å²) >= 11 is 0. The zero-order chi connectivity index (χ0) is 22.6. The van der Waals surface area contributed by atoms with Crippen LogP contribution < -0.4 is 14.4 Å². The van der Waals surface area contributed by atoms with Crippen molar-refractivity contribution in [2.24, 2.45) is 0 Å². The average molecular weight is 439 g/mol. The Labute approximate surface area is 183 Å². The van der Waals surface area contributed by atoms with E-state index < -0.39 is 10.0 Å². The first kappa shape index (κ1) is 22.4. The maximum Gasteiger partial charge on any atom is 0.264 e. The van der Waals surface area contributed by atoms with Crippen LogP contribution in [0.2, 0.25) is 0 Å². The van der Waals surface area contributed by atoms with Gasteiger partial charge in [0.1, 0.15) is 5.75 Å². The van der Waals surface area contributed by atoms with E-state index in [-0.39, 0.29) is 17.4 Å². The number of anilines is 2. The number of carbonyl (C=O) groups excluding carboxylic acids is 1. The van der Waals surface area contributed by atoms with Gasteiger partial charge in [-0.3, -0.25) is 9.10 Å². The first-order chi connectivity index (χ1) is 14.7. The number of hydrogen-bond donors (Lipinski definition) is 1. The van der Waals surface area contributed by atoms with Gasteiger partial charge in [-0.2, -0.15) is 0 Å². The molecule has 162 valence electrons. The molecule has 3 rings (SSSR count). The molecule has 0 saturated carbocycles. The quantitative estimate of drug-likeness (QED) is 0.591. The van der Waals surface area contributed by atoms with E-state index in [1.807, 2.05) is 39.0 Å². The van der Waals surface area contributed by atoms with Crippen molar-refractivity contribution in [1.29, 1.82) is 0 Å². The zero-order valence-electron chi connectivity index (χ0n) is 18.0. The number of carbonyl (C=O) groups is 1. The van der Waals surface area contributed by atoms with Crippen molar-refractivity contribution in [2.45, 2.75) is 25.7 Å². The lowest BCUT2D eigenvalue weighted by Crippen LogP contribution is -2.26. The molecule has 1 amide bonds. The van der Waals surface area contributed by atoms with E-state index in [2.05, 4.69) is 5.32 Å². The Morgan fingerprint density at radius 1 is 0.903 bits per heavy atom. The van der Waals surface area contributed by atoms with Gasteiger partial charge in [0.05, 0.1) is 10.6 Å². The predicted molar refractivity (Wildman–Crippen MR) is 123 cm³/mol. The first-order valence-electron chi connectivity index (χ1n) is 9.82. The van der Waals surface area contributed by atoms with E-state index in [9.17, 15) is 13.2 Å². The molecule has 31 heavy (non-hydrogen) atoms. The normalized spacial score (nSPS) is 11.1. The summed E-state index contributed by atoms with van der Waals surface area (Å²) in [6.07, 6.45) is 0. The molecule has 0 unspecified atom stereocenters. The summed E-state index contributed by atoms with van der Waals surface area (Å²) in [6.45, 7) is 5.75. The number of amides is 1. The summed E-state index contributed by atoms with van der Waals surface area (Å²) in [4.78, 5) is 12.4. The smallest absolute Gasteiger partial charge is 0.264 e. The second kappa shape index (κ2) is 9.22. The van der Waals surface area contributed by atoms with Crippen LogP contribution in [0, 0.1) is 20.8 Å². The van der Waals surface area contributed by atoms with Gasteiger partial charge in [0.2, 0.25) is 0 Å². The van der Waals surface area contributed by atoms with Crippen molar-refractivity contribution in [3.8, 4) is 5.75 Å². The van der Waals surface area contributed by atoms with Gasteiger partial charge in [0, 0.05) is 12.7 Å². The molecule has 0 aliphatic carbocycles. The second-order valence-electron chi connectivity index (χ2n) is 7.42. The topological polar surface area (TPSA) is 75.7 Å². The lowest BCUT2D eigenvalue weighted by molar-refractivity contribution is -0.118. The molecular weight excluding hydrogens is 412 g/mol.